The second-order valence-corrected chi connectivity index (χ2v) is 6.68. The number of sulfonamides is 1. The van der Waals surface area contributed by atoms with E-state index in [0.29, 0.717) is 5.33 Å². The monoisotopic (exact) mass is 354 g/mol. The molecule has 0 amide bonds. The van der Waals surface area contributed by atoms with Crippen LogP contribution in [-0.2, 0) is 15.4 Å². The third-order valence-corrected chi connectivity index (χ3v) is 5.11. The molecule has 0 aliphatic carbocycles. The molecule has 2 rings (SSSR count). The van der Waals surface area contributed by atoms with Crippen molar-refractivity contribution in [3.05, 3.63) is 59.9 Å². The van der Waals surface area contributed by atoms with Crippen LogP contribution in [0.1, 0.15) is 24.1 Å². The average Bonchev–Trinajstić information content (AvgIpc) is 2.48. The minimum absolute atomic E-state index is 0.262. The number of nitrogens with zero attached hydrogens (tertiary/aromatic N) is 1. The Morgan fingerprint density at radius 1 is 1.25 bits per heavy atom. The summed E-state index contributed by atoms with van der Waals surface area (Å²) in [5.41, 5.74) is 1.86. The maximum atomic E-state index is 12.3. The second-order valence-electron chi connectivity index (χ2n) is 4.41. The third-order valence-electron chi connectivity index (χ3n) is 2.90. The standard InChI is InChI=1S/C14H15BrN2O2S/c1-11(13-3-2-8-16-10-13)17-20(18,19)14-6-4-12(9-15)5-7-14/h2-8,10-11,17H,9H2,1H3/t11-/m1/s1. The summed E-state index contributed by atoms with van der Waals surface area (Å²) < 4.78 is 27.2. The number of pyridine rings is 1. The van der Waals surface area contributed by atoms with Crippen molar-refractivity contribution in [2.45, 2.75) is 23.2 Å². The van der Waals surface area contributed by atoms with E-state index in [2.05, 4.69) is 25.6 Å². The Hall–Kier alpha value is -1.24. The highest BCUT2D eigenvalue weighted by atomic mass is 79.9. The van der Waals surface area contributed by atoms with Gasteiger partial charge in [0.05, 0.1) is 4.90 Å². The molecule has 1 heterocycles. The number of benzene rings is 1. The molecule has 106 valence electrons. The van der Waals surface area contributed by atoms with E-state index in [0.717, 1.165) is 11.1 Å². The van der Waals surface area contributed by atoms with Crippen LogP contribution < -0.4 is 4.72 Å². The van der Waals surface area contributed by atoms with Gasteiger partial charge in [-0.15, -0.1) is 0 Å². The van der Waals surface area contributed by atoms with Crippen molar-refractivity contribution in [1.82, 2.24) is 9.71 Å². The van der Waals surface area contributed by atoms with Gasteiger partial charge in [-0.1, -0.05) is 34.1 Å². The fourth-order valence-electron chi connectivity index (χ4n) is 1.76. The molecule has 0 radical (unpaired) electrons. The van der Waals surface area contributed by atoms with Gasteiger partial charge in [-0.25, -0.2) is 13.1 Å². The van der Waals surface area contributed by atoms with Crippen molar-refractivity contribution in [2.75, 3.05) is 0 Å². The molecule has 0 aliphatic heterocycles. The summed E-state index contributed by atoms with van der Waals surface area (Å²) in [6.45, 7) is 1.79. The Bertz CT molecular complexity index is 657. The van der Waals surface area contributed by atoms with Crippen LogP contribution in [0.4, 0.5) is 0 Å². The first-order valence-corrected chi connectivity index (χ1v) is 8.70. The fourth-order valence-corrected chi connectivity index (χ4v) is 3.36. The van der Waals surface area contributed by atoms with Gasteiger partial charge in [-0.2, -0.15) is 0 Å². The molecular formula is C14H15BrN2O2S. The summed E-state index contributed by atoms with van der Waals surface area (Å²) in [4.78, 5) is 4.25. The molecule has 0 bridgehead atoms. The molecule has 1 aromatic carbocycles. The Balaban J connectivity index is 2.18. The Morgan fingerprint density at radius 3 is 2.50 bits per heavy atom. The zero-order valence-corrected chi connectivity index (χ0v) is 13.4. The first-order chi connectivity index (χ1) is 9.53. The van der Waals surface area contributed by atoms with Gasteiger partial charge in [0.2, 0.25) is 10.0 Å². The van der Waals surface area contributed by atoms with Crippen LogP contribution in [0.3, 0.4) is 0 Å². The molecule has 0 saturated heterocycles. The lowest BCUT2D eigenvalue weighted by molar-refractivity contribution is 0.566. The van der Waals surface area contributed by atoms with E-state index in [1.807, 2.05) is 6.07 Å². The number of alkyl halides is 1. The van der Waals surface area contributed by atoms with Crippen molar-refractivity contribution >= 4 is 26.0 Å². The van der Waals surface area contributed by atoms with Gasteiger partial charge in [0.1, 0.15) is 0 Å². The molecule has 4 nitrogen and oxygen atoms in total. The molecule has 0 saturated carbocycles. The smallest absolute Gasteiger partial charge is 0.241 e. The van der Waals surface area contributed by atoms with Crippen molar-refractivity contribution < 1.29 is 8.42 Å². The number of aromatic nitrogens is 1. The zero-order valence-electron chi connectivity index (χ0n) is 11.0. The van der Waals surface area contributed by atoms with Crippen molar-refractivity contribution in [3.8, 4) is 0 Å². The normalized spacial score (nSPS) is 13.1. The molecule has 1 N–H and O–H groups in total. The minimum Gasteiger partial charge on any atom is -0.264 e. The first-order valence-electron chi connectivity index (χ1n) is 6.10. The number of nitrogens with one attached hydrogen (secondary N) is 1. The third kappa shape index (κ3) is 3.65. The molecule has 20 heavy (non-hydrogen) atoms. The highest BCUT2D eigenvalue weighted by Gasteiger charge is 2.18. The molecule has 1 atom stereocenters. The molecule has 1 aromatic heterocycles. The van der Waals surface area contributed by atoms with E-state index in [9.17, 15) is 8.42 Å². The van der Waals surface area contributed by atoms with E-state index in [4.69, 9.17) is 0 Å². The van der Waals surface area contributed by atoms with Gasteiger partial charge in [0.25, 0.3) is 0 Å². The maximum absolute atomic E-state index is 12.3. The van der Waals surface area contributed by atoms with E-state index in [-0.39, 0.29) is 10.9 Å². The number of halogens is 1. The van der Waals surface area contributed by atoms with E-state index in [1.165, 1.54) is 0 Å². The van der Waals surface area contributed by atoms with Gasteiger partial charge in [-0.3, -0.25) is 4.98 Å². The topological polar surface area (TPSA) is 59.1 Å². The Morgan fingerprint density at radius 2 is 1.95 bits per heavy atom. The van der Waals surface area contributed by atoms with Gasteiger partial charge in [0.15, 0.2) is 0 Å². The summed E-state index contributed by atoms with van der Waals surface area (Å²) >= 11 is 3.33. The second kappa shape index (κ2) is 6.47. The van der Waals surface area contributed by atoms with Crippen LogP contribution >= 0.6 is 15.9 Å². The number of rotatable bonds is 5. The molecular weight excluding hydrogens is 340 g/mol. The van der Waals surface area contributed by atoms with E-state index in [1.54, 1.807) is 49.6 Å². The molecule has 0 unspecified atom stereocenters. The largest absolute Gasteiger partial charge is 0.264 e. The van der Waals surface area contributed by atoms with Crippen LogP contribution in [0, 0.1) is 0 Å². The predicted molar refractivity (Wildman–Crippen MR) is 82.0 cm³/mol. The summed E-state index contributed by atoms with van der Waals surface area (Å²) in [5, 5.41) is 0.701. The summed E-state index contributed by atoms with van der Waals surface area (Å²) in [5.74, 6) is 0. The summed E-state index contributed by atoms with van der Waals surface area (Å²) in [6.07, 6.45) is 3.31. The van der Waals surface area contributed by atoms with Crippen LogP contribution in [0.25, 0.3) is 0 Å². The lowest BCUT2D eigenvalue weighted by Gasteiger charge is -2.14. The van der Waals surface area contributed by atoms with Gasteiger partial charge >= 0.3 is 0 Å². The van der Waals surface area contributed by atoms with Crippen LogP contribution in [0.2, 0.25) is 0 Å². The molecule has 0 aliphatic rings. The lowest BCUT2D eigenvalue weighted by Crippen LogP contribution is -2.26. The van der Waals surface area contributed by atoms with Crippen molar-refractivity contribution in [1.29, 1.82) is 0 Å². The van der Waals surface area contributed by atoms with Gasteiger partial charge < -0.3 is 0 Å². The van der Waals surface area contributed by atoms with E-state index >= 15 is 0 Å². The highest BCUT2D eigenvalue weighted by Crippen LogP contribution is 2.17. The van der Waals surface area contributed by atoms with Crippen LogP contribution in [-0.4, -0.2) is 13.4 Å². The summed E-state index contributed by atoms with van der Waals surface area (Å²) in [7, 11) is -3.53. The average molecular weight is 355 g/mol. The summed E-state index contributed by atoms with van der Waals surface area (Å²) in [6, 6.07) is 10.1. The lowest BCUT2D eigenvalue weighted by atomic mass is 10.2. The predicted octanol–water partition coefficient (Wildman–Crippen LogP) is 3.02. The molecule has 0 spiro atoms. The van der Waals surface area contributed by atoms with Crippen LogP contribution in [0.15, 0.2) is 53.7 Å². The quantitative estimate of drug-likeness (QED) is 0.839. The van der Waals surface area contributed by atoms with Crippen molar-refractivity contribution in [2.24, 2.45) is 0 Å². The minimum atomic E-state index is -3.53. The maximum Gasteiger partial charge on any atom is 0.241 e. The Kier molecular flexibility index (Phi) is 4.91. The highest BCUT2D eigenvalue weighted by molar-refractivity contribution is 9.08. The van der Waals surface area contributed by atoms with E-state index < -0.39 is 10.0 Å². The fraction of sp³-hybridized carbons (Fsp3) is 0.214. The Labute approximate surface area is 127 Å². The molecule has 2 aromatic rings. The van der Waals surface area contributed by atoms with Crippen molar-refractivity contribution in [3.63, 3.8) is 0 Å². The zero-order chi connectivity index (χ0) is 14.6. The molecule has 6 heteroatoms. The number of hydrogen-bond donors (Lipinski definition) is 1. The molecule has 0 fully saturated rings. The van der Waals surface area contributed by atoms with Gasteiger partial charge in [0, 0.05) is 23.8 Å². The SMILES string of the molecule is C[C@@H](NS(=O)(=O)c1ccc(CBr)cc1)c1cccnc1. The van der Waals surface area contributed by atoms with Gasteiger partial charge in [-0.05, 0) is 36.2 Å². The first kappa shape index (κ1) is 15.2. The number of hydrogen-bond acceptors (Lipinski definition) is 3. The van der Waals surface area contributed by atoms with Crippen LogP contribution in [0.5, 0.6) is 0 Å².